The number of nitrogens with zero attached hydrogens (tertiary/aromatic N) is 2. The summed E-state index contributed by atoms with van der Waals surface area (Å²) in [6.07, 6.45) is 6.96. The number of amides is 2. The van der Waals surface area contributed by atoms with Crippen molar-refractivity contribution in [3.63, 3.8) is 0 Å². The van der Waals surface area contributed by atoms with Crippen LogP contribution < -0.4 is 5.32 Å². The number of nitrogens with one attached hydrogen (secondary N) is 1. The van der Waals surface area contributed by atoms with Gasteiger partial charge in [0.2, 0.25) is 11.8 Å². The van der Waals surface area contributed by atoms with Gasteiger partial charge in [0.15, 0.2) is 0 Å². The molecule has 1 aromatic heterocycles. The molecule has 3 rings (SSSR count). The fourth-order valence-electron chi connectivity index (χ4n) is 3.78. The van der Waals surface area contributed by atoms with E-state index in [1.165, 1.54) is 11.6 Å². The summed E-state index contributed by atoms with van der Waals surface area (Å²) in [6.45, 7) is 0.672. The molecule has 1 aliphatic heterocycles. The van der Waals surface area contributed by atoms with Gasteiger partial charge in [0.05, 0.1) is 5.41 Å². The Kier molecular flexibility index (Phi) is 6.39. The van der Waals surface area contributed by atoms with Crippen molar-refractivity contribution in [3.05, 3.63) is 65.7 Å². The Morgan fingerprint density at radius 2 is 1.96 bits per heavy atom. The number of aromatic nitrogens is 1. The maximum absolute atomic E-state index is 14.0. The van der Waals surface area contributed by atoms with Gasteiger partial charge in [-0.1, -0.05) is 24.3 Å². The molecule has 1 saturated heterocycles. The second-order valence-electron chi connectivity index (χ2n) is 7.45. The van der Waals surface area contributed by atoms with Crippen LogP contribution in [0.4, 0.5) is 4.39 Å². The molecule has 1 aromatic carbocycles. The van der Waals surface area contributed by atoms with Gasteiger partial charge in [-0.15, -0.1) is 0 Å². The second-order valence-corrected chi connectivity index (χ2v) is 7.45. The number of aryl methyl sites for hydroxylation is 1. The fraction of sp³-hybridized carbons (Fsp3) is 0.409. The van der Waals surface area contributed by atoms with Gasteiger partial charge in [0.1, 0.15) is 5.82 Å². The summed E-state index contributed by atoms with van der Waals surface area (Å²) in [5, 5.41) is 2.67. The molecule has 1 fully saturated rings. The smallest absolute Gasteiger partial charge is 0.229 e. The predicted molar refractivity (Wildman–Crippen MR) is 105 cm³/mol. The molecule has 148 valence electrons. The molecule has 2 amide bonds. The number of likely N-dealkylation sites (tertiary alicyclic amines) is 1. The highest BCUT2D eigenvalue weighted by atomic mass is 19.1. The maximum atomic E-state index is 14.0. The lowest BCUT2D eigenvalue weighted by molar-refractivity contribution is -0.153. The molecule has 0 saturated carbocycles. The number of unbranched alkanes of at least 4 members (excludes halogenated alkanes) is 1. The highest BCUT2D eigenvalue weighted by Gasteiger charge is 2.50. The van der Waals surface area contributed by atoms with Crippen LogP contribution in [0.1, 0.15) is 30.4 Å². The van der Waals surface area contributed by atoms with E-state index in [4.69, 9.17) is 0 Å². The lowest BCUT2D eigenvalue weighted by atomic mass is 9.73. The van der Waals surface area contributed by atoms with E-state index in [-0.39, 0.29) is 17.6 Å². The van der Waals surface area contributed by atoms with Crippen LogP contribution in [0.2, 0.25) is 0 Å². The molecule has 0 aliphatic carbocycles. The monoisotopic (exact) mass is 383 g/mol. The van der Waals surface area contributed by atoms with Crippen molar-refractivity contribution in [1.29, 1.82) is 0 Å². The van der Waals surface area contributed by atoms with Gasteiger partial charge < -0.3 is 10.2 Å². The van der Waals surface area contributed by atoms with Crippen molar-refractivity contribution < 1.29 is 14.0 Å². The molecular weight excluding hydrogens is 357 g/mol. The van der Waals surface area contributed by atoms with Crippen molar-refractivity contribution in [2.24, 2.45) is 5.41 Å². The number of rotatable bonds is 8. The Morgan fingerprint density at radius 1 is 1.18 bits per heavy atom. The molecule has 28 heavy (non-hydrogen) atoms. The molecule has 0 radical (unpaired) electrons. The molecule has 5 nitrogen and oxygen atoms in total. The minimum absolute atomic E-state index is 0.0549. The molecule has 2 aromatic rings. The first-order chi connectivity index (χ1) is 13.5. The summed E-state index contributed by atoms with van der Waals surface area (Å²) in [6, 6.07) is 10.4. The first kappa shape index (κ1) is 20.0. The molecule has 1 N–H and O–H groups in total. The second kappa shape index (κ2) is 8.95. The van der Waals surface area contributed by atoms with Crippen molar-refractivity contribution in [2.45, 2.75) is 32.1 Å². The summed E-state index contributed by atoms with van der Waals surface area (Å²) in [5.74, 6) is -0.401. The van der Waals surface area contributed by atoms with Crippen LogP contribution in [0.5, 0.6) is 0 Å². The maximum Gasteiger partial charge on any atom is 0.229 e. The van der Waals surface area contributed by atoms with Crippen molar-refractivity contribution in [1.82, 2.24) is 15.2 Å². The number of carbonyl (C=O) groups excluding carboxylic acids is 2. The van der Waals surface area contributed by atoms with Crippen LogP contribution in [0, 0.1) is 11.2 Å². The number of pyridine rings is 1. The Hall–Kier alpha value is -2.76. The lowest BCUT2D eigenvalue weighted by Gasteiger charge is -2.49. The molecule has 0 atom stereocenters. The average Bonchev–Trinajstić information content (AvgIpc) is 2.69. The molecule has 0 spiro atoms. The summed E-state index contributed by atoms with van der Waals surface area (Å²) in [5.41, 5.74) is 0.930. The zero-order valence-corrected chi connectivity index (χ0v) is 16.2. The third-order valence-electron chi connectivity index (χ3n) is 5.36. The predicted octanol–water partition coefficient (Wildman–Crippen LogP) is 2.75. The van der Waals surface area contributed by atoms with E-state index >= 15 is 0 Å². The summed E-state index contributed by atoms with van der Waals surface area (Å²) < 4.78 is 14.0. The lowest BCUT2D eigenvalue weighted by Crippen LogP contribution is -2.65. The number of hydrogen-bond donors (Lipinski definition) is 1. The van der Waals surface area contributed by atoms with Gasteiger partial charge in [-0.3, -0.25) is 14.6 Å². The molecular formula is C22H26FN3O2. The van der Waals surface area contributed by atoms with Gasteiger partial charge in [-0.2, -0.15) is 0 Å². The topological polar surface area (TPSA) is 62.3 Å². The SMILES string of the molecule is CNC(=O)C1(Cc2ccccc2F)CN(C(=O)CCCCc2cccnc2)C1. The zero-order chi connectivity index (χ0) is 20.0. The van der Waals surface area contributed by atoms with Crippen LogP contribution in [0.25, 0.3) is 0 Å². The Bertz CT molecular complexity index is 820. The van der Waals surface area contributed by atoms with E-state index in [1.54, 1.807) is 36.3 Å². The van der Waals surface area contributed by atoms with Gasteiger partial charge in [0, 0.05) is 39.0 Å². The normalized spacial score (nSPS) is 15.0. The molecule has 2 heterocycles. The van der Waals surface area contributed by atoms with Crippen LogP contribution in [-0.4, -0.2) is 41.8 Å². The van der Waals surface area contributed by atoms with Crippen LogP contribution in [0.3, 0.4) is 0 Å². The summed E-state index contributed by atoms with van der Waals surface area (Å²) >= 11 is 0. The fourth-order valence-corrected chi connectivity index (χ4v) is 3.78. The minimum atomic E-state index is -0.748. The Morgan fingerprint density at radius 3 is 2.64 bits per heavy atom. The van der Waals surface area contributed by atoms with E-state index in [2.05, 4.69) is 10.3 Å². The summed E-state index contributed by atoms with van der Waals surface area (Å²) in [7, 11) is 1.58. The molecule has 1 aliphatic rings. The average molecular weight is 383 g/mol. The standard InChI is InChI=1S/C22H26FN3O2/c1-24-21(28)22(13-18-9-3-4-10-19(18)23)15-26(16-22)20(27)11-5-2-7-17-8-6-12-25-14-17/h3-4,6,8-10,12,14H,2,5,7,11,13,15-16H2,1H3,(H,24,28). The molecule has 6 heteroatoms. The quantitative estimate of drug-likeness (QED) is 0.713. The first-order valence-corrected chi connectivity index (χ1v) is 9.66. The van der Waals surface area contributed by atoms with E-state index in [1.807, 2.05) is 18.3 Å². The van der Waals surface area contributed by atoms with E-state index in [0.29, 0.717) is 31.5 Å². The summed E-state index contributed by atoms with van der Waals surface area (Å²) in [4.78, 5) is 30.7. The number of hydrogen-bond acceptors (Lipinski definition) is 3. The highest BCUT2D eigenvalue weighted by Crippen LogP contribution is 2.35. The zero-order valence-electron chi connectivity index (χ0n) is 16.2. The van der Waals surface area contributed by atoms with Crippen LogP contribution in [-0.2, 0) is 22.4 Å². The van der Waals surface area contributed by atoms with Crippen molar-refractivity contribution >= 4 is 11.8 Å². The van der Waals surface area contributed by atoms with E-state index < -0.39 is 5.41 Å². The Balaban J connectivity index is 1.50. The number of carbonyl (C=O) groups is 2. The number of halogens is 1. The first-order valence-electron chi connectivity index (χ1n) is 9.66. The van der Waals surface area contributed by atoms with Crippen LogP contribution >= 0.6 is 0 Å². The minimum Gasteiger partial charge on any atom is -0.359 e. The van der Waals surface area contributed by atoms with Gasteiger partial charge >= 0.3 is 0 Å². The Labute approximate surface area is 165 Å². The molecule has 0 unspecified atom stereocenters. The third-order valence-corrected chi connectivity index (χ3v) is 5.36. The van der Waals surface area contributed by atoms with Gasteiger partial charge in [-0.25, -0.2) is 4.39 Å². The highest BCUT2D eigenvalue weighted by molar-refractivity contribution is 5.88. The van der Waals surface area contributed by atoms with Crippen molar-refractivity contribution in [2.75, 3.05) is 20.1 Å². The third kappa shape index (κ3) is 4.55. The van der Waals surface area contributed by atoms with E-state index in [0.717, 1.165) is 19.3 Å². The van der Waals surface area contributed by atoms with Crippen molar-refractivity contribution in [3.8, 4) is 0 Å². The van der Waals surface area contributed by atoms with E-state index in [9.17, 15) is 14.0 Å². The molecule has 0 bridgehead atoms. The number of benzene rings is 1. The van der Waals surface area contributed by atoms with Crippen LogP contribution in [0.15, 0.2) is 48.8 Å². The van der Waals surface area contributed by atoms with Gasteiger partial charge in [-0.05, 0) is 48.9 Å². The largest absolute Gasteiger partial charge is 0.359 e. The van der Waals surface area contributed by atoms with Gasteiger partial charge in [0.25, 0.3) is 0 Å².